The molecular formula is C32H39N3O5. The average Bonchev–Trinajstić information content (AvgIpc) is 2.90. The zero-order valence-electron chi connectivity index (χ0n) is 23.8. The number of aromatic hydroxyl groups is 1. The Morgan fingerprint density at radius 1 is 0.850 bits per heavy atom. The van der Waals surface area contributed by atoms with Gasteiger partial charge in [-0.05, 0) is 63.4 Å². The Bertz CT molecular complexity index is 1260. The summed E-state index contributed by atoms with van der Waals surface area (Å²) in [6.07, 6.45) is -0.604. The van der Waals surface area contributed by atoms with Crippen LogP contribution in [0.25, 0.3) is 0 Å². The van der Waals surface area contributed by atoms with E-state index >= 15 is 0 Å². The molecule has 2 unspecified atom stereocenters. The fourth-order valence-corrected chi connectivity index (χ4v) is 4.33. The molecule has 8 heteroatoms. The molecule has 2 atom stereocenters. The van der Waals surface area contributed by atoms with E-state index in [4.69, 9.17) is 4.74 Å². The number of nitrogens with one attached hydrogen (secondary N) is 2. The minimum Gasteiger partial charge on any atom is -0.508 e. The van der Waals surface area contributed by atoms with Crippen LogP contribution in [0.3, 0.4) is 0 Å². The molecule has 0 spiro atoms. The maximum atomic E-state index is 14.3. The first-order chi connectivity index (χ1) is 18.9. The van der Waals surface area contributed by atoms with Crippen LogP contribution in [0.1, 0.15) is 57.4 Å². The number of ether oxygens (including phenoxy) is 1. The van der Waals surface area contributed by atoms with E-state index in [0.29, 0.717) is 12.1 Å². The number of nitrogens with zero attached hydrogens (tertiary/aromatic N) is 1. The number of rotatable bonds is 10. The Labute approximate surface area is 236 Å². The van der Waals surface area contributed by atoms with Gasteiger partial charge in [0, 0.05) is 19.0 Å². The summed E-state index contributed by atoms with van der Waals surface area (Å²) in [6.45, 7) is 9.20. The number of benzene rings is 3. The molecule has 3 N–H and O–H groups in total. The van der Waals surface area contributed by atoms with Crippen LogP contribution in [-0.2, 0) is 27.3 Å². The highest BCUT2D eigenvalue weighted by molar-refractivity contribution is 5.92. The highest BCUT2D eigenvalue weighted by Crippen LogP contribution is 2.26. The van der Waals surface area contributed by atoms with Crippen LogP contribution < -0.4 is 10.6 Å². The zero-order chi connectivity index (χ0) is 29.3. The second-order valence-corrected chi connectivity index (χ2v) is 10.9. The Kier molecular flexibility index (Phi) is 10.3. The highest BCUT2D eigenvalue weighted by Gasteiger charge is 2.37. The number of phenolic OH excluding ortho intramolecular Hbond substituents is 1. The standard InChI is InChI=1S/C32H39N3O5/c1-22(2)35(28(25-14-10-7-11-15-25)29(37)33-21-24-12-8-6-9-13-24)30(38)27(34-31(39)40-32(3,4)5)20-23-16-18-26(36)19-17-23/h6-19,22,27-28,36H,20-21H2,1-5H3,(H,33,37)(H,34,39). The van der Waals surface area contributed by atoms with Crippen LogP contribution in [0.15, 0.2) is 84.9 Å². The summed E-state index contributed by atoms with van der Waals surface area (Å²) in [7, 11) is 0. The van der Waals surface area contributed by atoms with Gasteiger partial charge in [-0.25, -0.2) is 4.79 Å². The van der Waals surface area contributed by atoms with Gasteiger partial charge in [-0.3, -0.25) is 9.59 Å². The lowest BCUT2D eigenvalue weighted by Gasteiger charge is -2.37. The van der Waals surface area contributed by atoms with Crippen molar-refractivity contribution >= 4 is 17.9 Å². The number of amides is 3. The van der Waals surface area contributed by atoms with Crippen molar-refractivity contribution in [3.05, 3.63) is 102 Å². The molecule has 0 bridgehead atoms. The summed E-state index contributed by atoms with van der Waals surface area (Å²) in [6, 6.07) is 22.7. The van der Waals surface area contributed by atoms with Gasteiger partial charge in [0.1, 0.15) is 23.4 Å². The first kappa shape index (κ1) is 30.2. The van der Waals surface area contributed by atoms with Crippen molar-refractivity contribution in [1.29, 1.82) is 0 Å². The molecule has 0 saturated carbocycles. The number of alkyl carbamates (subject to hydrolysis) is 1. The van der Waals surface area contributed by atoms with E-state index in [1.165, 1.54) is 17.0 Å². The lowest BCUT2D eigenvalue weighted by molar-refractivity contribution is -0.144. The Morgan fingerprint density at radius 2 is 1.43 bits per heavy atom. The molecule has 3 aromatic rings. The molecule has 0 aliphatic heterocycles. The third-order valence-corrected chi connectivity index (χ3v) is 6.13. The molecule has 0 aliphatic carbocycles. The van der Waals surface area contributed by atoms with Crippen LogP contribution in [0.2, 0.25) is 0 Å². The molecule has 8 nitrogen and oxygen atoms in total. The van der Waals surface area contributed by atoms with E-state index < -0.39 is 29.7 Å². The first-order valence-electron chi connectivity index (χ1n) is 13.4. The quantitative estimate of drug-likeness (QED) is 0.328. The molecule has 3 rings (SSSR count). The number of carbonyl (C=O) groups is 3. The van der Waals surface area contributed by atoms with Crippen molar-refractivity contribution in [2.45, 2.75) is 71.3 Å². The normalized spacial score (nSPS) is 12.8. The summed E-state index contributed by atoms with van der Waals surface area (Å²) in [4.78, 5) is 42.4. The monoisotopic (exact) mass is 545 g/mol. The topological polar surface area (TPSA) is 108 Å². The molecule has 212 valence electrons. The van der Waals surface area contributed by atoms with Crippen LogP contribution in [-0.4, -0.2) is 45.6 Å². The summed E-state index contributed by atoms with van der Waals surface area (Å²) in [5.74, 6) is -0.676. The number of phenols is 1. The van der Waals surface area contributed by atoms with Crippen molar-refractivity contribution in [2.75, 3.05) is 0 Å². The van der Waals surface area contributed by atoms with Gasteiger partial charge >= 0.3 is 6.09 Å². The molecule has 0 heterocycles. The molecule has 3 amide bonds. The lowest BCUT2D eigenvalue weighted by atomic mass is 9.98. The summed E-state index contributed by atoms with van der Waals surface area (Å²) in [5, 5.41) is 15.4. The van der Waals surface area contributed by atoms with Gasteiger partial charge in [0.2, 0.25) is 11.8 Å². The van der Waals surface area contributed by atoms with Crippen LogP contribution >= 0.6 is 0 Å². The molecule has 3 aromatic carbocycles. The molecule has 40 heavy (non-hydrogen) atoms. The predicted molar refractivity (Wildman–Crippen MR) is 154 cm³/mol. The molecule has 0 fully saturated rings. The zero-order valence-corrected chi connectivity index (χ0v) is 23.8. The minimum atomic E-state index is -1.03. The first-order valence-corrected chi connectivity index (χ1v) is 13.4. The molecule has 0 aliphatic rings. The lowest BCUT2D eigenvalue weighted by Crippen LogP contribution is -2.55. The number of hydrogen-bond donors (Lipinski definition) is 3. The van der Waals surface area contributed by atoms with E-state index in [9.17, 15) is 19.5 Å². The second-order valence-electron chi connectivity index (χ2n) is 10.9. The van der Waals surface area contributed by atoms with Gasteiger partial charge in [-0.1, -0.05) is 72.8 Å². The van der Waals surface area contributed by atoms with Gasteiger partial charge in [-0.2, -0.15) is 0 Å². The van der Waals surface area contributed by atoms with E-state index in [-0.39, 0.29) is 24.1 Å². The maximum absolute atomic E-state index is 14.3. The van der Waals surface area contributed by atoms with Gasteiger partial charge in [0.25, 0.3) is 0 Å². The number of hydrogen-bond acceptors (Lipinski definition) is 5. The van der Waals surface area contributed by atoms with Gasteiger partial charge in [-0.15, -0.1) is 0 Å². The smallest absolute Gasteiger partial charge is 0.408 e. The van der Waals surface area contributed by atoms with Gasteiger partial charge in [0.05, 0.1) is 0 Å². The Morgan fingerprint density at radius 3 is 1.98 bits per heavy atom. The van der Waals surface area contributed by atoms with Crippen LogP contribution in [0.4, 0.5) is 4.79 Å². The van der Waals surface area contributed by atoms with Gasteiger partial charge < -0.3 is 25.4 Å². The van der Waals surface area contributed by atoms with Crippen LogP contribution in [0.5, 0.6) is 5.75 Å². The fourth-order valence-electron chi connectivity index (χ4n) is 4.33. The molecular weight excluding hydrogens is 506 g/mol. The van der Waals surface area contributed by atoms with E-state index in [1.54, 1.807) is 32.9 Å². The third kappa shape index (κ3) is 8.86. The predicted octanol–water partition coefficient (Wildman–Crippen LogP) is 5.12. The molecule has 0 radical (unpaired) electrons. The fraction of sp³-hybridized carbons (Fsp3) is 0.344. The van der Waals surface area contributed by atoms with Crippen molar-refractivity contribution in [2.24, 2.45) is 0 Å². The molecule has 0 saturated heterocycles. The van der Waals surface area contributed by atoms with E-state index in [1.807, 2.05) is 74.5 Å². The van der Waals surface area contributed by atoms with Crippen molar-refractivity contribution in [3.8, 4) is 5.75 Å². The van der Waals surface area contributed by atoms with Crippen LogP contribution in [0, 0.1) is 0 Å². The summed E-state index contributed by atoms with van der Waals surface area (Å²) >= 11 is 0. The number of carbonyl (C=O) groups excluding carboxylic acids is 3. The average molecular weight is 546 g/mol. The minimum absolute atomic E-state index is 0.0924. The SMILES string of the molecule is CC(C)N(C(=O)C(Cc1ccc(O)cc1)NC(=O)OC(C)(C)C)C(C(=O)NCc1ccccc1)c1ccccc1. The summed E-state index contributed by atoms with van der Waals surface area (Å²) in [5.41, 5.74) is 1.54. The largest absolute Gasteiger partial charge is 0.508 e. The van der Waals surface area contributed by atoms with Gasteiger partial charge in [0.15, 0.2) is 0 Å². The van der Waals surface area contributed by atoms with Crippen molar-refractivity contribution < 1.29 is 24.2 Å². The van der Waals surface area contributed by atoms with E-state index in [2.05, 4.69) is 10.6 Å². The highest BCUT2D eigenvalue weighted by atomic mass is 16.6. The third-order valence-electron chi connectivity index (χ3n) is 6.13. The van der Waals surface area contributed by atoms with Crippen molar-refractivity contribution in [1.82, 2.24) is 15.5 Å². The Hall–Kier alpha value is -4.33. The Balaban J connectivity index is 1.97. The van der Waals surface area contributed by atoms with Crippen molar-refractivity contribution in [3.63, 3.8) is 0 Å². The summed E-state index contributed by atoms with van der Waals surface area (Å²) < 4.78 is 5.46. The maximum Gasteiger partial charge on any atom is 0.408 e. The van der Waals surface area contributed by atoms with E-state index in [0.717, 1.165) is 11.1 Å². The molecule has 0 aromatic heterocycles. The second kappa shape index (κ2) is 13.6.